The summed E-state index contributed by atoms with van der Waals surface area (Å²) in [6.45, 7) is 6.54. The Hall–Kier alpha value is -3.26. The van der Waals surface area contributed by atoms with Gasteiger partial charge >= 0.3 is 0 Å². The summed E-state index contributed by atoms with van der Waals surface area (Å²) in [7, 11) is 2.18. The van der Waals surface area contributed by atoms with Gasteiger partial charge in [-0.1, -0.05) is 19.4 Å². The van der Waals surface area contributed by atoms with Crippen molar-refractivity contribution >= 4 is 29.2 Å². The molecule has 1 fully saturated rings. The standard InChI is InChI=1S/C25H32N8/c1-3-4-6-22-24(23-7-5-13-27-33(23)30-22)21-12-14-26-25(29-21)28-19-8-10-20(11-9-19)32-17-15-31(2)16-18-32/h5,7-14,23-24H,3-4,6,15-18H2,1-2H3,(H,26,28,29). The van der Waals surface area contributed by atoms with Crippen LogP contribution in [0.3, 0.4) is 0 Å². The fourth-order valence-corrected chi connectivity index (χ4v) is 4.62. The fraction of sp³-hybridized carbons (Fsp3) is 0.440. The number of unbranched alkanes of at least 4 members (excludes halogenated alkanes) is 1. The maximum Gasteiger partial charge on any atom is 0.227 e. The molecule has 1 aromatic heterocycles. The maximum atomic E-state index is 4.89. The van der Waals surface area contributed by atoms with Crippen molar-refractivity contribution in [2.45, 2.75) is 38.1 Å². The molecule has 1 aromatic carbocycles. The van der Waals surface area contributed by atoms with Gasteiger partial charge < -0.3 is 15.1 Å². The van der Waals surface area contributed by atoms with Crippen LogP contribution in [0.5, 0.6) is 0 Å². The third kappa shape index (κ3) is 4.75. The smallest absolute Gasteiger partial charge is 0.227 e. The first-order chi connectivity index (χ1) is 16.2. The van der Waals surface area contributed by atoms with E-state index in [-0.39, 0.29) is 12.0 Å². The molecule has 0 spiro atoms. The number of hydrogen-bond acceptors (Lipinski definition) is 8. The van der Waals surface area contributed by atoms with E-state index in [0.29, 0.717) is 5.95 Å². The van der Waals surface area contributed by atoms with E-state index in [1.165, 1.54) is 5.69 Å². The number of anilines is 3. The molecule has 5 rings (SSSR count). The quantitative estimate of drug-likeness (QED) is 0.700. The largest absolute Gasteiger partial charge is 0.369 e. The van der Waals surface area contributed by atoms with Crippen molar-refractivity contribution in [1.29, 1.82) is 0 Å². The maximum absolute atomic E-state index is 4.89. The number of allylic oxidation sites excluding steroid dienone is 1. The van der Waals surface area contributed by atoms with Crippen molar-refractivity contribution < 1.29 is 0 Å². The highest BCUT2D eigenvalue weighted by molar-refractivity contribution is 5.93. The van der Waals surface area contributed by atoms with Gasteiger partial charge in [-0.25, -0.2) is 9.97 Å². The summed E-state index contributed by atoms with van der Waals surface area (Å²) in [5, 5.41) is 14.4. The summed E-state index contributed by atoms with van der Waals surface area (Å²) in [4.78, 5) is 14.2. The summed E-state index contributed by atoms with van der Waals surface area (Å²) >= 11 is 0. The van der Waals surface area contributed by atoms with Crippen LogP contribution in [0.25, 0.3) is 0 Å². The highest BCUT2D eigenvalue weighted by atomic mass is 15.7. The van der Waals surface area contributed by atoms with Crippen LogP contribution < -0.4 is 10.2 Å². The van der Waals surface area contributed by atoms with E-state index in [2.05, 4.69) is 69.5 Å². The number of nitrogens with zero attached hydrogens (tertiary/aromatic N) is 7. The second kappa shape index (κ2) is 9.70. The van der Waals surface area contributed by atoms with E-state index in [1.54, 1.807) is 6.21 Å². The van der Waals surface area contributed by atoms with Crippen molar-refractivity contribution in [1.82, 2.24) is 20.0 Å². The molecule has 4 heterocycles. The average Bonchev–Trinajstić information content (AvgIpc) is 3.22. The first-order valence-electron chi connectivity index (χ1n) is 11.9. The second-order valence-electron chi connectivity index (χ2n) is 8.90. The Labute approximate surface area is 195 Å². The van der Waals surface area contributed by atoms with Gasteiger partial charge in [-0.15, -0.1) is 0 Å². The molecule has 2 unspecified atom stereocenters. The number of likely N-dealkylation sites (N-methyl/N-ethyl adjacent to an activating group) is 1. The van der Waals surface area contributed by atoms with Crippen LogP contribution in [0, 0.1) is 0 Å². The van der Waals surface area contributed by atoms with Gasteiger partial charge in [0.1, 0.15) is 6.04 Å². The van der Waals surface area contributed by atoms with E-state index in [0.717, 1.165) is 62.5 Å². The lowest BCUT2D eigenvalue weighted by Crippen LogP contribution is -2.44. The normalized spacial score (nSPS) is 22.4. The molecule has 0 amide bonds. The molecule has 2 atom stereocenters. The van der Waals surface area contributed by atoms with E-state index in [9.17, 15) is 0 Å². The molecule has 8 heteroatoms. The van der Waals surface area contributed by atoms with Gasteiger partial charge in [0.15, 0.2) is 0 Å². The number of rotatable bonds is 7. The molecular weight excluding hydrogens is 412 g/mol. The molecule has 2 aromatic rings. The van der Waals surface area contributed by atoms with Crippen molar-refractivity contribution in [3.8, 4) is 0 Å². The lowest BCUT2D eigenvalue weighted by molar-refractivity contribution is 0.267. The minimum absolute atomic E-state index is 0.0764. The third-order valence-corrected chi connectivity index (χ3v) is 6.55. The van der Waals surface area contributed by atoms with E-state index >= 15 is 0 Å². The lowest BCUT2D eigenvalue weighted by atomic mass is 9.89. The van der Waals surface area contributed by atoms with Gasteiger partial charge in [0, 0.05) is 50.0 Å². The highest BCUT2D eigenvalue weighted by Crippen LogP contribution is 2.35. The van der Waals surface area contributed by atoms with Crippen molar-refractivity contribution in [2.24, 2.45) is 10.2 Å². The molecule has 0 bridgehead atoms. The SMILES string of the molecule is CCCCC1=NN2N=CC=CC2C1c1ccnc(Nc2ccc(N3CCN(C)CC3)cc2)n1. The third-order valence-electron chi connectivity index (χ3n) is 6.55. The summed E-state index contributed by atoms with van der Waals surface area (Å²) in [5.74, 6) is 0.699. The first kappa shape index (κ1) is 21.6. The Bertz CT molecular complexity index is 1040. The molecule has 3 aliphatic rings. The van der Waals surface area contributed by atoms with Gasteiger partial charge in [-0.2, -0.15) is 15.3 Å². The van der Waals surface area contributed by atoms with Gasteiger partial charge in [-0.05, 0) is 56.3 Å². The molecule has 0 aliphatic carbocycles. The van der Waals surface area contributed by atoms with Crippen molar-refractivity contribution in [3.05, 3.63) is 54.4 Å². The summed E-state index contributed by atoms with van der Waals surface area (Å²) in [5.41, 5.74) is 4.37. The fourth-order valence-electron chi connectivity index (χ4n) is 4.62. The van der Waals surface area contributed by atoms with E-state index < -0.39 is 0 Å². The summed E-state index contributed by atoms with van der Waals surface area (Å²) in [6, 6.07) is 10.6. The number of benzene rings is 1. The topological polar surface area (TPSA) is 72.2 Å². The molecule has 33 heavy (non-hydrogen) atoms. The Kier molecular flexibility index (Phi) is 6.35. The molecule has 3 aliphatic heterocycles. The number of hydrazone groups is 2. The van der Waals surface area contributed by atoms with Crippen molar-refractivity contribution in [3.63, 3.8) is 0 Å². The first-order valence-corrected chi connectivity index (χ1v) is 11.9. The zero-order valence-electron chi connectivity index (χ0n) is 19.4. The number of hydrogen-bond donors (Lipinski definition) is 1. The van der Waals surface area contributed by atoms with Crippen LogP contribution in [0.4, 0.5) is 17.3 Å². The van der Waals surface area contributed by atoms with Crippen LogP contribution in [0.1, 0.15) is 37.8 Å². The lowest BCUT2D eigenvalue weighted by Gasteiger charge is -2.34. The number of aromatic nitrogens is 2. The minimum atomic E-state index is 0.0764. The van der Waals surface area contributed by atoms with E-state index in [1.807, 2.05) is 23.5 Å². The van der Waals surface area contributed by atoms with Crippen LogP contribution in [0.15, 0.2) is 58.9 Å². The highest BCUT2D eigenvalue weighted by Gasteiger charge is 2.38. The van der Waals surface area contributed by atoms with Gasteiger partial charge in [0.25, 0.3) is 0 Å². The van der Waals surface area contributed by atoms with Gasteiger partial charge in [0.05, 0.1) is 17.3 Å². The van der Waals surface area contributed by atoms with Crippen molar-refractivity contribution in [2.75, 3.05) is 43.4 Å². The van der Waals surface area contributed by atoms with Gasteiger partial charge in [-0.3, -0.25) is 0 Å². The van der Waals surface area contributed by atoms with Gasteiger partial charge in [0.2, 0.25) is 5.95 Å². The molecular formula is C25H32N8. The zero-order chi connectivity index (χ0) is 22.6. The number of fused-ring (bicyclic) bond motifs is 1. The molecule has 0 radical (unpaired) electrons. The Morgan fingerprint density at radius 1 is 1.06 bits per heavy atom. The molecule has 1 N–H and O–H groups in total. The average molecular weight is 445 g/mol. The molecule has 1 saturated heterocycles. The minimum Gasteiger partial charge on any atom is -0.369 e. The van der Waals surface area contributed by atoms with Crippen LogP contribution >= 0.6 is 0 Å². The molecule has 8 nitrogen and oxygen atoms in total. The van der Waals surface area contributed by atoms with E-state index in [4.69, 9.17) is 10.1 Å². The summed E-state index contributed by atoms with van der Waals surface area (Å²) < 4.78 is 0. The Morgan fingerprint density at radius 2 is 1.88 bits per heavy atom. The predicted octanol–water partition coefficient (Wildman–Crippen LogP) is 3.84. The van der Waals surface area contributed by atoms with Crippen LogP contribution in [-0.4, -0.2) is 71.2 Å². The Morgan fingerprint density at radius 3 is 2.67 bits per heavy atom. The van der Waals surface area contributed by atoms with Crippen LogP contribution in [0.2, 0.25) is 0 Å². The number of piperazine rings is 1. The second-order valence-corrected chi connectivity index (χ2v) is 8.90. The molecule has 0 saturated carbocycles. The Balaban J connectivity index is 1.31. The summed E-state index contributed by atoms with van der Waals surface area (Å²) in [6.07, 6.45) is 11.0. The predicted molar refractivity (Wildman–Crippen MR) is 134 cm³/mol. The number of nitrogens with one attached hydrogen (secondary N) is 1. The monoisotopic (exact) mass is 444 g/mol. The zero-order valence-corrected chi connectivity index (χ0v) is 19.4. The molecule has 172 valence electrons. The van der Waals surface area contributed by atoms with Crippen LogP contribution in [-0.2, 0) is 0 Å².